The molecule has 0 unspecified atom stereocenters. The molecule has 13 heteroatoms. The van der Waals surface area contributed by atoms with Crippen LogP contribution in [0.15, 0.2) is 88.8 Å². The Balaban J connectivity index is 1.23. The van der Waals surface area contributed by atoms with Gasteiger partial charge in [0.15, 0.2) is 0 Å². The Morgan fingerprint density at radius 1 is 0.810 bits per heavy atom. The quantitative estimate of drug-likeness (QED) is 0.226. The lowest BCUT2D eigenvalue weighted by Crippen LogP contribution is -2.48. The van der Waals surface area contributed by atoms with E-state index in [0.29, 0.717) is 5.02 Å². The first kappa shape index (κ1) is 30.4. The first-order valence-electron chi connectivity index (χ1n) is 13.5. The Morgan fingerprint density at radius 2 is 1.38 bits per heavy atom. The summed E-state index contributed by atoms with van der Waals surface area (Å²) in [5, 5.41) is 15.8. The number of sulfonamides is 2. The molecule has 1 aromatic heterocycles. The van der Waals surface area contributed by atoms with Crippen molar-refractivity contribution in [1.82, 2.24) is 14.8 Å². The molecule has 1 aliphatic rings. The van der Waals surface area contributed by atoms with Crippen LogP contribution >= 0.6 is 11.6 Å². The molecule has 10 nitrogen and oxygen atoms in total. The average Bonchev–Trinajstić information content (AvgIpc) is 2.96. The number of halogens is 1. The predicted molar refractivity (Wildman–Crippen MR) is 165 cm³/mol. The molecule has 3 aromatic carbocycles. The third-order valence-electron chi connectivity index (χ3n) is 7.49. The lowest BCUT2D eigenvalue weighted by molar-refractivity contribution is 0.109. The van der Waals surface area contributed by atoms with Gasteiger partial charge in [-0.25, -0.2) is 27.1 Å². The van der Waals surface area contributed by atoms with Crippen LogP contribution in [0.5, 0.6) is 0 Å². The van der Waals surface area contributed by atoms with E-state index >= 15 is 0 Å². The summed E-state index contributed by atoms with van der Waals surface area (Å²) in [5.74, 6) is 0. The molecule has 1 fully saturated rings. The zero-order valence-corrected chi connectivity index (χ0v) is 25.2. The van der Waals surface area contributed by atoms with Gasteiger partial charge in [0.2, 0.25) is 20.0 Å². The van der Waals surface area contributed by atoms with Crippen LogP contribution in [0.25, 0.3) is 10.9 Å². The zero-order valence-electron chi connectivity index (χ0n) is 22.9. The van der Waals surface area contributed by atoms with Gasteiger partial charge in [-0.15, -0.1) is 0 Å². The van der Waals surface area contributed by atoms with Gasteiger partial charge >= 0.3 is 0 Å². The fraction of sp³-hybridized carbons (Fsp3) is 0.276. The first-order valence-corrected chi connectivity index (χ1v) is 17.0. The monoisotopic (exact) mass is 628 g/mol. The van der Waals surface area contributed by atoms with E-state index in [-0.39, 0.29) is 15.8 Å². The lowest BCUT2D eigenvalue weighted by Gasteiger charge is -2.40. The Hall–Kier alpha value is -3.10. The Kier molecular flexibility index (Phi) is 9.14. The minimum atomic E-state index is -3.82. The third kappa shape index (κ3) is 7.27. The summed E-state index contributed by atoms with van der Waals surface area (Å²) >= 11 is 6.11. The van der Waals surface area contributed by atoms with Crippen molar-refractivity contribution in [3.05, 3.63) is 95.1 Å². The molecule has 0 bridgehead atoms. The summed E-state index contributed by atoms with van der Waals surface area (Å²) < 4.78 is 47.2. The number of pyridine rings is 1. The largest absolute Gasteiger partial charge is 0.384 e. The molecule has 2 heterocycles. The molecule has 5 N–H and O–H groups in total. The van der Waals surface area contributed by atoms with Crippen LogP contribution < -0.4 is 15.6 Å². The number of benzene rings is 3. The number of primary sulfonamides is 2. The minimum absolute atomic E-state index is 0.0385. The van der Waals surface area contributed by atoms with Gasteiger partial charge in [-0.05, 0) is 72.6 Å². The first-order chi connectivity index (χ1) is 20.0. The normalized spacial score (nSPS) is 15.3. The zero-order chi connectivity index (χ0) is 29.9. The van der Waals surface area contributed by atoms with Crippen molar-refractivity contribution in [3.8, 4) is 0 Å². The van der Waals surface area contributed by atoms with E-state index in [1.165, 1.54) is 24.3 Å². The van der Waals surface area contributed by atoms with Crippen molar-refractivity contribution >= 4 is 48.2 Å². The minimum Gasteiger partial charge on any atom is -0.384 e. The van der Waals surface area contributed by atoms with E-state index in [9.17, 15) is 16.8 Å². The summed E-state index contributed by atoms with van der Waals surface area (Å²) in [7, 11) is -7.64. The fourth-order valence-corrected chi connectivity index (χ4v) is 6.54. The number of fused-ring (bicyclic) bond motifs is 1. The van der Waals surface area contributed by atoms with E-state index in [1.54, 1.807) is 30.5 Å². The molecule has 0 aliphatic carbocycles. The molecular formula is C29H33ClN6O4S2. The second kappa shape index (κ2) is 12.6. The van der Waals surface area contributed by atoms with Crippen molar-refractivity contribution in [2.45, 2.75) is 22.3 Å². The Bertz CT molecular complexity index is 1690. The lowest BCUT2D eigenvalue weighted by atomic mass is 9.96. The van der Waals surface area contributed by atoms with Gasteiger partial charge in [0.25, 0.3) is 0 Å². The molecule has 0 amide bonds. The second-order valence-electron chi connectivity index (χ2n) is 10.3. The molecule has 0 saturated carbocycles. The van der Waals surface area contributed by atoms with Gasteiger partial charge in [0, 0.05) is 55.0 Å². The molecule has 0 radical (unpaired) electrons. The van der Waals surface area contributed by atoms with Crippen LogP contribution in [0.2, 0.25) is 5.02 Å². The number of anilines is 1. The molecule has 0 spiro atoms. The second-order valence-corrected chi connectivity index (χ2v) is 13.9. The third-order valence-corrected chi connectivity index (χ3v) is 9.59. The highest BCUT2D eigenvalue weighted by atomic mass is 35.5. The van der Waals surface area contributed by atoms with E-state index < -0.39 is 20.0 Å². The summed E-state index contributed by atoms with van der Waals surface area (Å²) in [4.78, 5) is 9.22. The van der Waals surface area contributed by atoms with Crippen molar-refractivity contribution < 1.29 is 16.8 Å². The van der Waals surface area contributed by atoms with Crippen LogP contribution in [-0.2, 0) is 20.0 Å². The van der Waals surface area contributed by atoms with Crippen molar-refractivity contribution in [1.29, 1.82) is 0 Å². The number of aromatic nitrogens is 1. The van der Waals surface area contributed by atoms with Crippen LogP contribution in [0.3, 0.4) is 0 Å². The van der Waals surface area contributed by atoms with Gasteiger partial charge in [-0.2, -0.15) is 0 Å². The number of rotatable bonds is 10. The van der Waals surface area contributed by atoms with Crippen molar-refractivity contribution in [2.75, 3.05) is 44.6 Å². The average molecular weight is 629 g/mol. The summed E-state index contributed by atoms with van der Waals surface area (Å²) in [6, 6.07) is 20.5. The Labute approximate surface area is 251 Å². The summed E-state index contributed by atoms with van der Waals surface area (Å²) in [5.41, 5.74) is 3.66. The number of nitrogens with two attached hydrogens (primary N) is 2. The molecule has 4 aromatic rings. The predicted octanol–water partition coefficient (Wildman–Crippen LogP) is 3.39. The van der Waals surface area contributed by atoms with E-state index in [2.05, 4.69) is 20.1 Å². The standard InChI is InChI=1S/C29H33ClN6O4S2/c30-23-6-11-26-27(12-14-34-28(26)20-23)33-13-1-15-35-16-18-36(19-17-35)29(21-2-7-24(8-3-21)41(31,37)38)22-4-9-25(10-5-22)42(32,39)40/h2-12,14,20,29H,1,13,15-19H2,(H,33,34)(H2,31,37,38)(H2,32,39,40). The molecular weight excluding hydrogens is 596 g/mol. The van der Waals surface area contributed by atoms with E-state index in [1.807, 2.05) is 24.3 Å². The molecule has 1 saturated heterocycles. The number of nitrogens with zero attached hydrogens (tertiary/aromatic N) is 3. The van der Waals surface area contributed by atoms with Crippen molar-refractivity contribution in [2.24, 2.45) is 10.3 Å². The highest BCUT2D eigenvalue weighted by molar-refractivity contribution is 7.89. The molecule has 5 rings (SSSR count). The molecule has 1 aliphatic heterocycles. The topological polar surface area (TPSA) is 152 Å². The van der Waals surface area contributed by atoms with Gasteiger partial charge < -0.3 is 10.2 Å². The van der Waals surface area contributed by atoms with Crippen LogP contribution in [-0.4, -0.2) is 70.9 Å². The summed E-state index contributed by atoms with van der Waals surface area (Å²) in [6.07, 6.45) is 2.74. The maximum atomic E-state index is 11.8. The SMILES string of the molecule is NS(=O)(=O)c1ccc(C(c2ccc(S(N)(=O)=O)cc2)N2CCN(CCCNc3ccnc4cc(Cl)ccc34)CC2)cc1. The number of piperazine rings is 1. The van der Waals surface area contributed by atoms with E-state index in [0.717, 1.165) is 73.4 Å². The molecule has 222 valence electrons. The molecule has 0 atom stereocenters. The number of nitrogens with one attached hydrogen (secondary N) is 1. The Morgan fingerprint density at radius 3 is 1.93 bits per heavy atom. The van der Waals surface area contributed by atoms with Gasteiger partial charge in [-0.3, -0.25) is 9.88 Å². The smallest absolute Gasteiger partial charge is 0.238 e. The fourth-order valence-electron chi connectivity index (χ4n) is 5.34. The van der Waals surface area contributed by atoms with Gasteiger partial charge in [-0.1, -0.05) is 35.9 Å². The maximum absolute atomic E-state index is 11.8. The number of hydrogen-bond acceptors (Lipinski definition) is 8. The van der Waals surface area contributed by atoms with E-state index in [4.69, 9.17) is 21.9 Å². The molecule has 42 heavy (non-hydrogen) atoms. The van der Waals surface area contributed by atoms with Gasteiger partial charge in [0.1, 0.15) is 0 Å². The highest BCUT2D eigenvalue weighted by Crippen LogP contribution is 2.31. The highest BCUT2D eigenvalue weighted by Gasteiger charge is 2.27. The van der Waals surface area contributed by atoms with Crippen LogP contribution in [0.1, 0.15) is 23.6 Å². The summed E-state index contributed by atoms with van der Waals surface area (Å²) in [6.45, 7) is 5.03. The van der Waals surface area contributed by atoms with Crippen LogP contribution in [0.4, 0.5) is 5.69 Å². The van der Waals surface area contributed by atoms with Crippen LogP contribution in [0, 0.1) is 0 Å². The van der Waals surface area contributed by atoms with Gasteiger partial charge in [0.05, 0.1) is 21.3 Å². The maximum Gasteiger partial charge on any atom is 0.238 e. The van der Waals surface area contributed by atoms with Crippen molar-refractivity contribution in [3.63, 3.8) is 0 Å². The number of hydrogen-bond donors (Lipinski definition) is 3.